The normalized spacial score (nSPS) is 17.7. The number of nitrogens with zero attached hydrogens (tertiary/aromatic N) is 2. The fraction of sp³-hybridized carbons (Fsp3) is 0.267. The summed E-state index contributed by atoms with van der Waals surface area (Å²) in [6.45, 7) is 5.19. The molecule has 0 atom stereocenters. The topological polar surface area (TPSA) is 45.2 Å². The third-order valence-electron chi connectivity index (χ3n) is 6.97. The zero-order valence-electron chi connectivity index (χ0n) is 20.2. The number of hydrogen-bond donors (Lipinski definition) is 1. The van der Waals surface area contributed by atoms with Gasteiger partial charge in [-0.3, -0.25) is 9.78 Å². The fourth-order valence-corrected chi connectivity index (χ4v) is 6.55. The minimum Gasteiger partial charge on any atom is -0.331 e. The van der Waals surface area contributed by atoms with E-state index in [0.29, 0.717) is 22.5 Å². The molecule has 0 aliphatic heterocycles. The first-order valence-corrected chi connectivity index (χ1v) is 13.6. The lowest BCUT2D eigenvalue weighted by molar-refractivity contribution is 0.0605. The highest BCUT2D eigenvalue weighted by atomic mass is 35.5. The summed E-state index contributed by atoms with van der Waals surface area (Å²) in [7, 11) is 0. The highest BCUT2D eigenvalue weighted by Gasteiger charge is 2.31. The highest BCUT2D eigenvalue weighted by Crippen LogP contribution is 2.37. The van der Waals surface area contributed by atoms with Crippen LogP contribution in [0.25, 0.3) is 21.2 Å². The van der Waals surface area contributed by atoms with E-state index in [1.54, 1.807) is 12.4 Å². The Balaban J connectivity index is 1.44. The van der Waals surface area contributed by atoms with Gasteiger partial charge in [-0.15, -0.1) is 17.9 Å². The number of hydrogen-bond acceptors (Lipinski definition) is 4. The SMILES string of the molecule is C=CCN[C@H]1CC[C@H](N(Cc2cccc(-c3ccncc3)c2)C(=O)c2sc3ccccc3c2Cl)CC1. The van der Waals surface area contributed by atoms with E-state index in [-0.39, 0.29) is 11.9 Å². The van der Waals surface area contributed by atoms with Crippen molar-refractivity contribution >= 4 is 38.9 Å². The van der Waals surface area contributed by atoms with Crippen molar-refractivity contribution in [3.05, 3.63) is 101 Å². The van der Waals surface area contributed by atoms with E-state index in [1.165, 1.54) is 11.3 Å². The summed E-state index contributed by atoms with van der Waals surface area (Å²) in [6.07, 6.45) is 9.53. The Hall–Kier alpha value is -2.99. The first kappa shape index (κ1) is 24.7. The van der Waals surface area contributed by atoms with Crippen molar-refractivity contribution in [3.8, 4) is 11.1 Å². The number of amides is 1. The second-order valence-corrected chi connectivity index (χ2v) is 10.7. The van der Waals surface area contributed by atoms with Crippen LogP contribution in [0.3, 0.4) is 0 Å². The number of aromatic nitrogens is 1. The molecular weight excluding hydrogens is 486 g/mol. The molecule has 1 aliphatic rings. The van der Waals surface area contributed by atoms with E-state index in [0.717, 1.165) is 59.0 Å². The van der Waals surface area contributed by atoms with E-state index < -0.39 is 0 Å². The first-order valence-electron chi connectivity index (χ1n) is 12.5. The molecule has 36 heavy (non-hydrogen) atoms. The molecule has 4 nitrogen and oxygen atoms in total. The lowest BCUT2D eigenvalue weighted by atomic mass is 9.89. The van der Waals surface area contributed by atoms with Gasteiger partial charge >= 0.3 is 0 Å². The predicted octanol–water partition coefficient (Wildman–Crippen LogP) is 7.35. The summed E-state index contributed by atoms with van der Waals surface area (Å²) >= 11 is 8.25. The van der Waals surface area contributed by atoms with Crippen molar-refractivity contribution in [2.75, 3.05) is 6.54 Å². The smallest absolute Gasteiger partial charge is 0.266 e. The van der Waals surface area contributed by atoms with Crippen LogP contribution in [0.4, 0.5) is 0 Å². The van der Waals surface area contributed by atoms with Gasteiger partial charge < -0.3 is 10.2 Å². The quantitative estimate of drug-likeness (QED) is 0.249. The molecule has 2 aromatic heterocycles. The largest absolute Gasteiger partial charge is 0.331 e. The molecule has 5 rings (SSSR count). The molecule has 0 unspecified atom stereocenters. The van der Waals surface area contributed by atoms with E-state index >= 15 is 0 Å². The standard InChI is InChI=1S/C30H30ClN3OS/c1-2-16-33-24-10-12-25(13-11-24)34(30(35)29-28(31)26-8-3-4-9-27(26)36-29)20-21-6-5-7-23(19-21)22-14-17-32-18-15-22/h2-9,14-15,17-19,24-25,33H,1,10-13,16,20H2/t24-,25-. The lowest BCUT2D eigenvalue weighted by Gasteiger charge is -2.37. The maximum atomic E-state index is 14.1. The summed E-state index contributed by atoms with van der Waals surface area (Å²) in [5.74, 6) is 0.0259. The number of carbonyl (C=O) groups excluding carboxylic acids is 1. The third kappa shape index (κ3) is 5.39. The van der Waals surface area contributed by atoms with Crippen molar-refractivity contribution in [3.63, 3.8) is 0 Å². The maximum absolute atomic E-state index is 14.1. The van der Waals surface area contributed by atoms with Gasteiger partial charge in [-0.25, -0.2) is 0 Å². The number of rotatable bonds is 8. The van der Waals surface area contributed by atoms with Crippen molar-refractivity contribution in [2.24, 2.45) is 0 Å². The monoisotopic (exact) mass is 515 g/mol. The van der Waals surface area contributed by atoms with E-state index in [2.05, 4.69) is 46.0 Å². The van der Waals surface area contributed by atoms with Gasteiger partial charge in [-0.05, 0) is 66.6 Å². The van der Waals surface area contributed by atoms with Crippen molar-refractivity contribution < 1.29 is 4.79 Å². The third-order valence-corrected chi connectivity index (χ3v) is 8.64. The first-order chi connectivity index (χ1) is 17.6. The molecule has 1 aliphatic carbocycles. The second-order valence-electron chi connectivity index (χ2n) is 9.31. The molecule has 0 spiro atoms. The van der Waals surface area contributed by atoms with Crippen molar-refractivity contribution in [2.45, 2.75) is 44.3 Å². The molecule has 2 heterocycles. The van der Waals surface area contributed by atoms with Gasteiger partial charge in [-0.2, -0.15) is 0 Å². The average Bonchev–Trinajstić information content (AvgIpc) is 3.27. The second kappa shape index (κ2) is 11.4. The van der Waals surface area contributed by atoms with Crippen LogP contribution < -0.4 is 5.32 Å². The van der Waals surface area contributed by atoms with E-state index in [4.69, 9.17) is 11.6 Å². The molecule has 0 saturated heterocycles. The molecular formula is C30H30ClN3OS. The number of fused-ring (bicyclic) bond motifs is 1. The minimum absolute atomic E-state index is 0.0259. The van der Waals surface area contributed by atoms with Crippen LogP contribution in [0, 0.1) is 0 Å². The number of pyridine rings is 1. The molecule has 184 valence electrons. The van der Waals surface area contributed by atoms with Crippen LogP contribution in [0.1, 0.15) is 40.9 Å². The van der Waals surface area contributed by atoms with Crippen LogP contribution in [-0.4, -0.2) is 34.4 Å². The Morgan fingerprint density at radius 1 is 1.06 bits per heavy atom. The molecule has 0 radical (unpaired) electrons. The molecule has 4 aromatic rings. The predicted molar refractivity (Wildman–Crippen MR) is 151 cm³/mol. The van der Waals surface area contributed by atoms with Crippen LogP contribution in [0.2, 0.25) is 5.02 Å². The van der Waals surface area contributed by atoms with Gasteiger partial charge in [0.2, 0.25) is 0 Å². The Morgan fingerprint density at radius 3 is 2.58 bits per heavy atom. The summed E-state index contributed by atoms with van der Waals surface area (Å²) in [5.41, 5.74) is 3.35. The van der Waals surface area contributed by atoms with Crippen LogP contribution in [-0.2, 0) is 6.54 Å². The Kier molecular flexibility index (Phi) is 7.81. The Bertz CT molecular complexity index is 1340. The lowest BCUT2D eigenvalue weighted by Crippen LogP contribution is -2.44. The van der Waals surface area contributed by atoms with E-state index in [1.807, 2.05) is 42.5 Å². The van der Waals surface area contributed by atoms with Gasteiger partial charge in [0.1, 0.15) is 4.88 Å². The summed E-state index contributed by atoms with van der Waals surface area (Å²) < 4.78 is 1.04. The van der Waals surface area contributed by atoms with Crippen LogP contribution in [0.15, 0.2) is 85.7 Å². The molecule has 6 heteroatoms. The number of thiophene rings is 1. The summed E-state index contributed by atoms with van der Waals surface area (Å²) in [5, 5.41) is 5.06. The van der Waals surface area contributed by atoms with Crippen LogP contribution in [0.5, 0.6) is 0 Å². The number of benzene rings is 2. The Morgan fingerprint density at radius 2 is 1.83 bits per heavy atom. The Labute approximate surface area is 221 Å². The van der Waals surface area contributed by atoms with E-state index in [9.17, 15) is 4.79 Å². The van der Waals surface area contributed by atoms with Gasteiger partial charge in [0, 0.05) is 47.7 Å². The molecule has 1 fully saturated rings. The van der Waals surface area contributed by atoms with Crippen molar-refractivity contribution in [1.82, 2.24) is 15.2 Å². The molecule has 1 amide bonds. The fourth-order valence-electron chi connectivity index (χ4n) is 5.08. The van der Waals surface area contributed by atoms with Gasteiger partial charge in [0.15, 0.2) is 0 Å². The van der Waals surface area contributed by atoms with Crippen LogP contribution >= 0.6 is 22.9 Å². The maximum Gasteiger partial charge on any atom is 0.266 e. The minimum atomic E-state index is 0.0259. The average molecular weight is 516 g/mol. The van der Waals surface area contributed by atoms with Gasteiger partial charge in [0.25, 0.3) is 5.91 Å². The highest BCUT2D eigenvalue weighted by molar-refractivity contribution is 7.21. The summed E-state index contributed by atoms with van der Waals surface area (Å²) in [4.78, 5) is 20.9. The number of halogens is 1. The number of nitrogens with one attached hydrogen (secondary N) is 1. The molecule has 1 N–H and O–H groups in total. The zero-order valence-corrected chi connectivity index (χ0v) is 21.8. The van der Waals surface area contributed by atoms with Crippen molar-refractivity contribution in [1.29, 1.82) is 0 Å². The molecule has 0 bridgehead atoms. The van der Waals surface area contributed by atoms with Gasteiger partial charge in [0.05, 0.1) is 5.02 Å². The molecule has 1 saturated carbocycles. The zero-order chi connectivity index (χ0) is 24.9. The summed E-state index contributed by atoms with van der Waals surface area (Å²) in [6, 6.07) is 21.1. The number of carbonyl (C=O) groups is 1. The van der Waals surface area contributed by atoms with Gasteiger partial charge in [-0.1, -0.05) is 54.1 Å². The molecule has 2 aromatic carbocycles.